The number of benzene rings is 2. The second-order valence-electron chi connectivity index (χ2n) is 6.98. The zero-order valence-corrected chi connectivity index (χ0v) is 15.3. The number of fused-ring (bicyclic) bond motifs is 1. The zero-order chi connectivity index (χ0) is 18.6. The van der Waals surface area contributed by atoms with Crippen molar-refractivity contribution in [2.24, 2.45) is 0 Å². The van der Waals surface area contributed by atoms with Gasteiger partial charge in [-0.25, -0.2) is 0 Å². The Morgan fingerprint density at radius 1 is 0.852 bits per heavy atom. The SMILES string of the molecule is O=C(Cn1ccc2ccccc2c1=O)N1CCN(Cc2ccccc2)CC1. The van der Waals surface area contributed by atoms with Crippen LogP contribution in [0.5, 0.6) is 0 Å². The summed E-state index contributed by atoms with van der Waals surface area (Å²) in [6.07, 6.45) is 1.72. The summed E-state index contributed by atoms with van der Waals surface area (Å²) in [5.41, 5.74) is 1.18. The highest BCUT2D eigenvalue weighted by molar-refractivity contribution is 5.82. The second kappa shape index (κ2) is 7.76. The fourth-order valence-electron chi connectivity index (χ4n) is 3.60. The van der Waals surface area contributed by atoms with Crippen LogP contribution in [-0.4, -0.2) is 46.5 Å². The molecule has 0 saturated carbocycles. The third kappa shape index (κ3) is 3.93. The molecule has 0 radical (unpaired) electrons. The lowest BCUT2D eigenvalue weighted by molar-refractivity contribution is -0.133. The number of pyridine rings is 1. The number of hydrogen-bond donors (Lipinski definition) is 0. The largest absolute Gasteiger partial charge is 0.339 e. The van der Waals surface area contributed by atoms with Crippen molar-refractivity contribution < 1.29 is 4.79 Å². The first-order valence-electron chi connectivity index (χ1n) is 9.33. The summed E-state index contributed by atoms with van der Waals surface area (Å²) in [4.78, 5) is 29.5. The summed E-state index contributed by atoms with van der Waals surface area (Å²) < 4.78 is 1.51. The van der Waals surface area contributed by atoms with Crippen molar-refractivity contribution in [2.45, 2.75) is 13.1 Å². The van der Waals surface area contributed by atoms with E-state index >= 15 is 0 Å². The van der Waals surface area contributed by atoms with Crippen LogP contribution in [0.25, 0.3) is 10.8 Å². The van der Waals surface area contributed by atoms with E-state index in [1.54, 1.807) is 12.3 Å². The summed E-state index contributed by atoms with van der Waals surface area (Å²) in [6, 6.07) is 19.8. The maximum atomic E-state index is 12.7. The Morgan fingerprint density at radius 2 is 1.56 bits per heavy atom. The maximum Gasteiger partial charge on any atom is 0.258 e. The van der Waals surface area contributed by atoms with Crippen molar-refractivity contribution in [3.8, 4) is 0 Å². The maximum absolute atomic E-state index is 12.7. The highest BCUT2D eigenvalue weighted by atomic mass is 16.2. The molecule has 2 aromatic carbocycles. The van der Waals surface area contributed by atoms with E-state index in [0.29, 0.717) is 18.5 Å². The molecule has 0 unspecified atom stereocenters. The summed E-state index contributed by atoms with van der Waals surface area (Å²) in [5.74, 6) is 0.00624. The smallest absolute Gasteiger partial charge is 0.258 e. The third-order valence-electron chi connectivity index (χ3n) is 5.17. The fourth-order valence-corrected chi connectivity index (χ4v) is 3.60. The molecule has 1 aliphatic rings. The number of amides is 1. The zero-order valence-electron chi connectivity index (χ0n) is 15.3. The Bertz CT molecular complexity index is 989. The minimum Gasteiger partial charge on any atom is -0.339 e. The van der Waals surface area contributed by atoms with Crippen LogP contribution in [0.15, 0.2) is 71.7 Å². The van der Waals surface area contributed by atoms with Crippen molar-refractivity contribution in [1.82, 2.24) is 14.4 Å². The average molecular weight is 361 g/mol. The van der Waals surface area contributed by atoms with Crippen LogP contribution in [0.3, 0.4) is 0 Å². The van der Waals surface area contributed by atoms with E-state index in [-0.39, 0.29) is 18.0 Å². The predicted octanol–water partition coefficient (Wildman–Crippen LogP) is 2.35. The number of carbonyl (C=O) groups is 1. The summed E-state index contributed by atoms with van der Waals surface area (Å²) in [6.45, 7) is 4.12. The van der Waals surface area contributed by atoms with E-state index in [9.17, 15) is 9.59 Å². The number of aromatic nitrogens is 1. The summed E-state index contributed by atoms with van der Waals surface area (Å²) >= 11 is 0. The van der Waals surface area contributed by atoms with Gasteiger partial charge in [-0.3, -0.25) is 14.5 Å². The molecule has 1 aliphatic heterocycles. The number of carbonyl (C=O) groups excluding carboxylic acids is 1. The fraction of sp³-hybridized carbons (Fsp3) is 0.273. The highest BCUT2D eigenvalue weighted by Gasteiger charge is 2.21. The van der Waals surface area contributed by atoms with E-state index in [0.717, 1.165) is 25.0 Å². The molecule has 2 heterocycles. The quantitative estimate of drug-likeness (QED) is 0.717. The lowest BCUT2D eigenvalue weighted by Crippen LogP contribution is -2.49. The molecule has 1 aromatic heterocycles. The summed E-state index contributed by atoms with van der Waals surface area (Å²) in [7, 11) is 0. The van der Waals surface area contributed by atoms with Crippen LogP contribution < -0.4 is 5.56 Å². The molecule has 5 heteroatoms. The van der Waals surface area contributed by atoms with Crippen molar-refractivity contribution in [1.29, 1.82) is 0 Å². The number of hydrogen-bond acceptors (Lipinski definition) is 3. The molecule has 1 saturated heterocycles. The van der Waals surface area contributed by atoms with Gasteiger partial charge in [0.25, 0.3) is 5.56 Å². The topological polar surface area (TPSA) is 45.6 Å². The molecule has 1 fully saturated rings. The van der Waals surface area contributed by atoms with Gasteiger partial charge < -0.3 is 9.47 Å². The normalized spacial score (nSPS) is 15.2. The molecule has 0 bridgehead atoms. The molecule has 5 nitrogen and oxygen atoms in total. The van der Waals surface area contributed by atoms with Crippen molar-refractivity contribution in [2.75, 3.05) is 26.2 Å². The first-order chi connectivity index (χ1) is 13.2. The van der Waals surface area contributed by atoms with Crippen LogP contribution in [-0.2, 0) is 17.9 Å². The molecule has 4 rings (SSSR count). The predicted molar refractivity (Wildman–Crippen MR) is 107 cm³/mol. The van der Waals surface area contributed by atoms with Crippen LogP contribution >= 0.6 is 0 Å². The molecule has 27 heavy (non-hydrogen) atoms. The van der Waals surface area contributed by atoms with Crippen LogP contribution in [0.4, 0.5) is 0 Å². The second-order valence-corrected chi connectivity index (χ2v) is 6.98. The van der Waals surface area contributed by atoms with Gasteiger partial charge in [0.05, 0.1) is 0 Å². The number of piperazine rings is 1. The van der Waals surface area contributed by atoms with E-state index < -0.39 is 0 Å². The molecule has 0 aliphatic carbocycles. The lowest BCUT2D eigenvalue weighted by atomic mass is 10.2. The Labute approximate surface area is 158 Å². The average Bonchev–Trinajstić information content (AvgIpc) is 2.71. The third-order valence-corrected chi connectivity index (χ3v) is 5.17. The Kier molecular flexibility index (Phi) is 5.03. The molecule has 1 amide bonds. The van der Waals surface area contributed by atoms with E-state index in [1.807, 2.05) is 35.2 Å². The van der Waals surface area contributed by atoms with Gasteiger partial charge >= 0.3 is 0 Å². The molecule has 3 aromatic rings. The molecule has 0 spiro atoms. The molecular weight excluding hydrogens is 338 g/mol. The number of rotatable bonds is 4. The Hall–Kier alpha value is -2.92. The van der Waals surface area contributed by atoms with Crippen molar-refractivity contribution in [3.05, 3.63) is 82.8 Å². The van der Waals surface area contributed by atoms with Gasteiger partial charge in [-0.2, -0.15) is 0 Å². The molecule has 0 atom stereocenters. The monoisotopic (exact) mass is 361 g/mol. The summed E-state index contributed by atoms with van der Waals surface area (Å²) in [5, 5.41) is 1.56. The minimum absolute atomic E-state index is 0.00624. The highest BCUT2D eigenvalue weighted by Crippen LogP contribution is 2.10. The molecule has 0 N–H and O–H groups in total. The van der Waals surface area contributed by atoms with Gasteiger partial charge in [0.15, 0.2) is 0 Å². The molecular formula is C22H23N3O2. The number of nitrogens with zero attached hydrogens (tertiary/aromatic N) is 3. The van der Waals surface area contributed by atoms with E-state index in [1.165, 1.54) is 10.1 Å². The van der Waals surface area contributed by atoms with Gasteiger partial charge in [0.2, 0.25) is 5.91 Å². The Balaban J connectivity index is 1.37. The van der Waals surface area contributed by atoms with Gasteiger partial charge in [-0.1, -0.05) is 48.5 Å². The van der Waals surface area contributed by atoms with Gasteiger partial charge in [-0.15, -0.1) is 0 Å². The minimum atomic E-state index is -0.107. The first kappa shape index (κ1) is 17.5. The lowest BCUT2D eigenvalue weighted by Gasteiger charge is -2.34. The van der Waals surface area contributed by atoms with E-state index in [2.05, 4.69) is 29.2 Å². The van der Waals surface area contributed by atoms with Crippen LogP contribution in [0, 0.1) is 0 Å². The molecule has 138 valence electrons. The first-order valence-corrected chi connectivity index (χ1v) is 9.33. The van der Waals surface area contributed by atoms with Crippen LogP contribution in [0.1, 0.15) is 5.56 Å². The van der Waals surface area contributed by atoms with Crippen molar-refractivity contribution >= 4 is 16.7 Å². The van der Waals surface area contributed by atoms with Gasteiger partial charge in [-0.05, 0) is 23.1 Å². The Morgan fingerprint density at radius 3 is 2.33 bits per heavy atom. The van der Waals surface area contributed by atoms with Crippen LogP contribution in [0.2, 0.25) is 0 Å². The standard InChI is InChI=1S/C22H23N3O2/c26-21(17-25-11-10-19-8-4-5-9-20(19)22(25)27)24-14-12-23(13-15-24)16-18-6-2-1-3-7-18/h1-11H,12-17H2. The van der Waals surface area contributed by atoms with E-state index in [4.69, 9.17) is 0 Å². The van der Waals surface area contributed by atoms with Gasteiger partial charge in [0, 0.05) is 44.3 Å². The van der Waals surface area contributed by atoms with Crippen molar-refractivity contribution in [3.63, 3.8) is 0 Å². The van der Waals surface area contributed by atoms with Gasteiger partial charge in [0.1, 0.15) is 6.54 Å².